The number of hydrogen-bond donors (Lipinski definition) is 1. The SMILES string of the molecule is Cc1cnc(C(C)NS(=O)C(C)(C)C)cn1. The molecule has 0 spiro atoms. The van der Waals surface area contributed by atoms with E-state index in [1.54, 1.807) is 12.4 Å². The Bertz CT molecular complexity index is 370. The Morgan fingerprint density at radius 2 is 1.94 bits per heavy atom. The van der Waals surface area contributed by atoms with Crippen molar-refractivity contribution in [3.8, 4) is 0 Å². The lowest BCUT2D eigenvalue weighted by Crippen LogP contribution is -2.35. The van der Waals surface area contributed by atoms with Crippen molar-refractivity contribution in [2.45, 2.75) is 45.4 Å². The van der Waals surface area contributed by atoms with Gasteiger partial charge in [-0.2, -0.15) is 0 Å². The zero-order valence-corrected chi connectivity index (χ0v) is 11.3. The number of rotatable bonds is 3. The summed E-state index contributed by atoms with van der Waals surface area (Å²) in [7, 11) is -1.09. The molecule has 5 heteroatoms. The van der Waals surface area contributed by atoms with Crippen LogP contribution in [0.3, 0.4) is 0 Å². The lowest BCUT2D eigenvalue weighted by Gasteiger charge is -2.21. The summed E-state index contributed by atoms with van der Waals surface area (Å²) in [5.74, 6) is 0. The predicted octanol–water partition coefficient (Wildman–Crippen LogP) is 1.90. The van der Waals surface area contributed by atoms with Gasteiger partial charge in [0, 0.05) is 6.20 Å². The van der Waals surface area contributed by atoms with Crippen molar-refractivity contribution in [3.63, 3.8) is 0 Å². The average molecular weight is 241 g/mol. The first kappa shape index (κ1) is 13.3. The summed E-state index contributed by atoms with van der Waals surface area (Å²) >= 11 is 0. The van der Waals surface area contributed by atoms with Crippen LogP contribution in [-0.2, 0) is 11.0 Å². The summed E-state index contributed by atoms with van der Waals surface area (Å²) in [6.45, 7) is 9.63. The maximum absolute atomic E-state index is 11.9. The smallest absolute Gasteiger partial charge is 0.0976 e. The van der Waals surface area contributed by atoms with Gasteiger partial charge in [-0.05, 0) is 34.6 Å². The molecule has 1 aromatic rings. The van der Waals surface area contributed by atoms with Crippen molar-refractivity contribution in [3.05, 3.63) is 23.8 Å². The van der Waals surface area contributed by atoms with Crippen LogP contribution in [0, 0.1) is 6.92 Å². The number of hydrogen-bond acceptors (Lipinski definition) is 3. The van der Waals surface area contributed by atoms with Crippen LogP contribution in [0.25, 0.3) is 0 Å². The molecule has 0 bridgehead atoms. The molecule has 1 aromatic heterocycles. The Morgan fingerprint density at radius 3 is 2.38 bits per heavy atom. The van der Waals surface area contributed by atoms with Crippen LogP contribution in [-0.4, -0.2) is 18.9 Å². The second-order valence-corrected chi connectivity index (χ2v) is 6.80. The third-order valence-electron chi connectivity index (χ3n) is 2.08. The maximum Gasteiger partial charge on any atom is 0.0976 e. The molecule has 0 fully saturated rings. The predicted molar refractivity (Wildman–Crippen MR) is 66.2 cm³/mol. The summed E-state index contributed by atoms with van der Waals surface area (Å²) in [6, 6.07) is -0.0619. The summed E-state index contributed by atoms with van der Waals surface area (Å²) < 4.78 is 14.6. The van der Waals surface area contributed by atoms with Crippen LogP contribution >= 0.6 is 0 Å². The van der Waals surface area contributed by atoms with E-state index in [-0.39, 0.29) is 10.8 Å². The second kappa shape index (κ2) is 5.01. The van der Waals surface area contributed by atoms with E-state index < -0.39 is 11.0 Å². The third kappa shape index (κ3) is 3.64. The van der Waals surface area contributed by atoms with Crippen molar-refractivity contribution in [1.29, 1.82) is 0 Å². The average Bonchev–Trinajstić information content (AvgIpc) is 2.17. The van der Waals surface area contributed by atoms with Crippen LogP contribution in [0.5, 0.6) is 0 Å². The van der Waals surface area contributed by atoms with Crippen LogP contribution in [0.15, 0.2) is 12.4 Å². The molecule has 0 aliphatic carbocycles. The van der Waals surface area contributed by atoms with Crippen LogP contribution < -0.4 is 4.72 Å². The zero-order chi connectivity index (χ0) is 12.3. The highest BCUT2D eigenvalue weighted by atomic mass is 32.2. The number of nitrogens with one attached hydrogen (secondary N) is 1. The van der Waals surface area contributed by atoms with Gasteiger partial charge in [0.1, 0.15) is 0 Å². The highest BCUT2D eigenvalue weighted by Gasteiger charge is 2.22. The molecule has 1 heterocycles. The minimum atomic E-state index is -1.09. The molecule has 90 valence electrons. The Hall–Kier alpha value is -0.810. The fraction of sp³-hybridized carbons (Fsp3) is 0.636. The Morgan fingerprint density at radius 1 is 1.31 bits per heavy atom. The Labute approximate surface area is 99.5 Å². The Kier molecular flexibility index (Phi) is 4.15. The van der Waals surface area contributed by atoms with Crippen LogP contribution in [0.4, 0.5) is 0 Å². The maximum atomic E-state index is 11.9. The quantitative estimate of drug-likeness (QED) is 0.879. The number of aryl methyl sites for hydroxylation is 1. The van der Waals surface area contributed by atoms with E-state index in [1.165, 1.54) is 0 Å². The molecule has 16 heavy (non-hydrogen) atoms. The molecule has 0 saturated carbocycles. The highest BCUT2D eigenvalue weighted by Crippen LogP contribution is 2.14. The van der Waals surface area contributed by atoms with E-state index in [9.17, 15) is 4.21 Å². The molecule has 2 atom stereocenters. The Balaban J connectivity index is 2.69. The van der Waals surface area contributed by atoms with Crippen molar-refractivity contribution in [2.24, 2.45) is 0 Å². The normalized spacial score (nSPS) is 15.8. The fourth-order valence-corrected chi connectivity index (χ4v) is 1.82. The first-order chi connectivity index (χ1) is 7.30. The highest BCUT2D eigenvalue weighted by molar-refractivity contribution is 7.84. The summed E-state index contributed by atoms with van der Waals surface area (Å²) in [5, 5.41) is 0. The monoisotopic (exact) mass is 241 g/mol. The molecule has 0 radical (unpaired) electrons. The molecular weight excluding hydrogens is 222 g/mol. The molecule has 0 amide bonds. The summed E-state index contributed by atoms with van der Waals surface area (Å²) in [4.78, 5) is 8.42. The molecule has 0 saturated heterocycles. The largest absolute Gasteiger partial charge is 0.258 e. The molecule has 0 aromatic carbocycles. The lowest BCUT2D eigenvalue weighted by atomic mass is 10.2. The fourth-order valence-electron chi connectivity index (χ4n) is 1.02. The zero-order valence-electron chi connectivity index (χ0n) is 10.4. The minimum Gasteiger partial charge on any atom is -0.258 e. The van der Waals surface area contributed by atoms with Gasteiger partial charge in [-0.15, -0.1) is 0 Å². The molecule has 4 nitrogen and oxygen atoms in total. The first-order valence-electron chi connectivity index (χ1n) is 5.27. The molecule has 1 rings (SSSR count). The number of aromatic nitrogens is 2. The standard InChI is InChI=1S/C11H19N3OS/c1-8-6-13-10(7-12-8)9(2)14-16(15)11(3,4)5/h6-7,9,14H,1-5H3. The van der Waals surface area contributed by atoms with Gasteiger partial charge in [-0.25, -0.2) is 8.93 Å². The van der Waals surface area contributed by atoms with Crippen molar-refractivity contribution in [1.82, 2.24) is 14.7 Å². The second-order valence-electron chi connectivity index (χ2n) is 4.80. The van der Waals surface area contributed by atoms with Gasteiger partial charge in [0.05, 0.1) is 39.4 Å². The van der Waals surface area contributed by atoms with Crippen molar-refractivity contribution < 1.29 is 4.21 Å². The van der Waals surface area contributed by atoms with E-state index in [2.05, 4.69) is 14.7 Å². The van der Waals surface area contributed by atoms with E-state index >= 15 is 0 Å². The van der Waals surface area contributed by atoms with E-state index in [1.807, 2.05) is 34.6 Å². The topological polar surface area (TPSA) is 54.9 Å². The van der Waals surface area contributed by atoms with Gasteiger partial charge in [0.15, 0.2) is 0 Å². The van der Waals surface area contributed by atoms with E-state index in [4.69, 9.17) is 0 Å². The summed E-state index contributed by atoms with van der Waals surface area (Å²) in [5.41, 5.74) is 1.69. The van der Waals surface area contributed by atoms with Gasteiger partial charge in [0.25, 0.3) is 0 Å². The van der Waals surface area contributed by atoms with Crippen LogP contribution in [0.2, 0.25) is 0 Å². The molecular formula is C11H19N3OS. The van der Waals surface area contributed by atoms with E-state index in [0.29, 0.717) is 0 Å². The summed E-state index contributed by atoms with van der Waals surface area (Å²) in [6.07, 6.45) is 3.43. The van der Waals surface area contributed by atoms with Gasteiger partial charge in [-0.3, -0.25) is 9.97 Å². The van der Waals surface area contributed by atoms with Gasteiger partial charge >= 0.3 is 0 Å². The van der Waals surface area contributed by atoms with Gasteiger partial charge in [-0.1, -0.05) is 0 Å². The minimum absolute atomic E-state index is 0.0619. The molecule has 1 N–H and O–H groups in total. The van der Waals surface area contributed by atoms with Crippen LogP contribution in [0.1, 0.15) is 45.1 Å². The van der Waals surface area contributed by atoms with Gasteiger partial charge < -0.3 is 0 Å². The molecule has 2 unspecified atom stereocenters. The first-order valence-corrected chi connectivity index (χ1v) is 6.42. The van der Waals surface area contributed by atoms with E-state index in [0.717, 1.165) is 11.4 Å². The molecule has 0 aliphatic heterocycles. The lowest BCUT2D eigenvalue weighted by molar-refractivity contribution is 0.610. The van der Waals surface area contributed by atoms with Crippen molar-refractivity contribution in [2.75, 3.05) is 0 Å². The van der Waals surface area contributed by atoms with Gasteiger partial charge in [0.2, 0.25) is 0 Å². The van der Waals surface area contributed by atoms with Crippen molar-refractivity contribution >= 4 is 11.0 Å². The molecule has 0 aliphatic rings. The third-order valence-corrected chi connectivity index (χ3v) is 3.76. The number of nitrogens with zero attached hydrogens (tertiary/aromatic N) is 2.